The number of nitrogens with zero attached hydrogens (tertiary/aromatic N) is 1. The van der Waals surface area contributed by atoms with Crippen LogP contribution >= 0.6 is 0 Å². The largest absolute Gasteiger partial charge is 0.493 e. The van der Waals surface area contributed by atoms with E-state index in [4.69, 9.17) is 4.74 Å². The summed E-state index contributed by atoms with van der Waals surface area (Å²) < 4.78 is 5.55. The number of allylic oxidation sites excluding steroid dienone is 1. The molecule has 0 heterocycles. The molecule has 1 aromatic carbocycles. The molecular weight excluding hydrogens is 218 g/mol. The molecule has 0 fully saturated rings. The van der Waals surface area contributed by atoms with Gasteiger partial charge in [-0.3, -0.25) is 10.1 Å². The number of hydrogen-bond donors (Lipinski definition) is 0. The minimum Gasteiger partial charge on any atom is -0.493 e. The topological polar surface area (TPSA) is 52.4 Å². The summed E-state index contributed by atoms with van der Waals surface area (Å²) in [6.45, 7) is 6.25. The Hall–Kier alpha value is -1.84. The molecule has 0 unspecified atom stereocenters. The van der Waals surface area contributed by atoms with Crippen LogP contribution in [-0.4, -0.2) is 11.5 Å². The molecule has 0 bridgehead atoms. The Bertz CT molecular complexity index is 424. The van der Waals surface area contributed by atoms with E-state index in [1.807, 2.05) is 18.2 Å². The molecule has 1 aromatic rings. The highest BCUT2D eigenvalue weighted by Crippen LogP contribution is 2.16. The fourth-order valence-electron chi connectivity index (χ4n) is 1.25. The van der Waals surface area contributed by atoms with Crippen molar-refractivity contribution in [2.45, 2.75) is 20.8 Å². The summed E-state index contributed by atoms with van der Waals surface area (Å²) in [7, 11) is 0. The van der Waals surface area contributed by atoms with Gasteiger partial charge in [-0.25, -0.2) is 0 Å². The molecule has 0 saturated carbocycles. The third-order valence-electron chi connectivity index (χ3n) is 2.10. The minimum atomic E-state index is -0.401. The van der Waals surface area contributed by atoms with Gasteiger partial charge in [-0.05, 0) is 23.6 Å². The van der Waals surface area contributed by atoms with Crippen LogP contribution in [0.15, 0.2) is 30.0 Å². The molecule has 0 spiro atoms. The second-order valence-electron chi connectivity index (χ2n) is 4.32. The van der Waals surface area contributed by atoms with Gasteiger partial charge in [0.1, 0.15) is 5.75 Å². The quantitative estimate of drug-likeness (QED) is 0.580. The highest BCUT2D eigenvalue weighted by Gasteiger charge is 2.03. The molecule has 0 radical (unpaired) electrons. The number of nitro groups is 1. The van der Waals surface area contributed by atoms with Crippen LogP contribution in [0.4, 0.5) is 0 Å². The van der Waals surface area contributed by atoms with Crippen LogP contribution in [0.25, 0.3) is 6.08 Å². The van der Waals surface area contributed by atoms with Crippen molar-refractivity contribution < 1.29 is 9.66 Å². The van der Waals surface area contributed by atoms with E-state index in [1.165, 1.54) is 13.0 Å². The Morgan fingerprint density at radius 2 is 2.24 bits per heavy atom. The van der Waals surface area contributed by atoms with Crippen molar-refractivity contribution in [3.63, 3.8) is 0 Å². The van der Waals surface area contributed by atoms with Crippen LogP contribution in [-0.2, 0) is 0 Å². The first-order valence-electron chi connectivity index (χ1n) is 5.54. The van der Waals surface area contributed by atoms with E-state index < -0.39 is 4.92 Å². The Kier molecular flexibility index (Phi) is 4.69. The summed E-state index contributed by atoms with van der Waals surface area (Å²) in [6, 6.07) is 7.29. The third kappa shape index (κ3) is 4.68. The van der Waals surface area contributed by atoms with E-state index in [2.05, 4.69) is 13.8 Å². The van der Waals surface area contributed by atoms with Crippen molar-refractivity contribution in [3.8, 4) is 5.75 Å². The smallest absolute Gasteiger partial charge is 0.243 e. The third-order valence-corrected chi connectivity index (χ3v) is 2.10. The minimum absolute atomic E-state index is 0.117. The van der Waals surface area contributed by atoms with E-state index in [1.54, 1.807) is 6.07 Å². The summed E-state index contributed by atoms with van der Waals surface area (Å²) in [5.41, 5.74) is 0.895. The van der Waals surface area contributed by atoms with Gasteiger partial charge in [0.25, 0.3) is 0 Å². The van der Waals surface area contributed by atoms with Gasteiger partial charge in [-0.15, -0.1) is 0 Å². The van der Waals surface area contributed by atoms with Gasteiger partial charge in [0.05, 0.1) is 11.5 Å². The second-order valence-corrected chi connectivity index (χ2v) is 4.32. The molecule has 17 heavy (non-hydrogen) atoms. The van der Waals surface area contributed by atoms with Gasteiger partial charge in [-0.1, -0.05) is 26.0 Å². The van der Waals surface area contributed by atoms with Gasteiger partial charge in [0, 0.05) is 13.0 Å². The van der Waals surface area contributed by atoms with E-state index in [-0.39, 0.29) is 5.70 Å². The molecular formula is C13H17NO3. The molecule has 0 aliphatic carbocycles. The lowest BCUT2D eigenvalue weighted by molar-refractivity contribution is -0.422. The molecule has 0 aromatic heterocycles. The van der Waals surface area contributed by atoms with Crippen molar-refractivity contribution in [2.24, 2.45) is 5.92 Å². The van der Waals surface area contributed by atoms with Crippen molar-refractivity contribution in [1.29, 1.82) is 0 Å². The maximum absolute atomic E-state index is 10.5. The standard InChI is InChI=1S/C13H17NO3/c1-10(2)9-17-13-6-4-5-12(8-13)7-11(3)14(15)16/h4-8,10H,9H2,1-3H3/b11-7+. The Labute approximate surface area is 101 Å². The maximum Gasteiger partial charge on any atom is 0.243 e. The molecule has 1 rings (SSSR count). The van der Waals surface area contributed by atoms with E-state index in [0.717, 1.165) is 11.3 Å². The fourth-order valence-corrected chi connectivity index (χ4v) is 1.25. The number of rotatable bonds is 5. The van der Waals surface area contributed by atoms with E-state index >= 15 is 0 Å². The van der Waals surface area contributed by atoms with Crippen LogP contribution in [0.2, 0.25) is 0 Å². The van der Waals surface area contributed by atoms with Crippen molar-refractivity contribution >= 4 is 6.08 Å². The Balaban J connectivity index is 2.79. The zero-order valence-electron chi connectivity index (χ0n) is 10.3. The molecule has 4 heteroatoms. The van der Waals surface area contributed by atoms with E-state index in [9.17, 15) is 10.1 Å². The normalized spacial score (nSPS) is 11.6. The van der Waals surface area contributed by atoms with Gasteiger partial charge in [0.2, 0.25) is 5.70 Å². The van der Waals surface area contributed by atoms with Crippen LogP contribution < -0.4 is 4.74 Å². The molecule has 4 nitrogen and oxygen atoms in total. The molecule has 0 aliphatic heterocycles. The predicted octanol–water partition coefficient (Wildman–Crippen LogP) is 3.36. The molecule has 0 saturated heterocycles. The average Bonchev–Trinajstić information content (AvgIpc) is 2.26. The van der Waals surface area contributed by atoms with Gasteiger partial charge < -0.3 is 4.74 Å². The molecule has 0 atom stereocenters. The van der Waals surface area contributed by atoms with Crippen LogP contribution in [0.1, 0.15) is 26.3 Å². The van der Waals surface area contributed by atoms with Gasteiger partial charge in [-0.2, -0.15) is 0 Å². The summed E-state index contributed by atoms with van der Waals surface area (Å²) in [6.07, 6.45) is 1.53. The van der Waals surface area contributed by atoms with Crippen molar-refractivity contribution in [3.05, 3.63) is 45.6 Å². The maximum atomic E-state index is 10.5. The zero-order chi connectivity index (χ0) is 12.8. The van der Waals surface area contributed by atoms with Crippen LogP contribution in [0.5, 0.6) is 5.75 Å². The molecule has 0 amide bonds. The number of benzene rings is 1. The predicted molar refractivity (Wildman–Crippen MR) is 67.4 cm³/mol. The fraction of sp³-hybridized carbons (Fsp3) is 0.385. The molecule has 92 valence electrons. The lowest BCUT2D eigenvalue weighted by Gasteiger charge is -2.08. The monoisotopic (exact) mass is 235 g/mol. The molecule has 0 N–H and O–H groups in total. The Morgan fingerprint density at radius 1 is 1.53 bits per heavy atom. The summed E-state index contributed by atoms with van der Waals surface area (Å²) >= 11 is 0. The van der Waals surface area contributed by atoms with Crippen LogP contribution in [0, 0.1) is 16.0 Å². The van der Waals surface area contributed by atoms with Crippen molar-refractivity contribution in [1.82, 2.24) is 0 Å². The lowest BCUT2D eigenvalue weighted by atomic mass is 10.2. The number of ether oxygens (including phenoxy) is 1. The Morgan fingerprint density at radius 3 is 2.82 bits per heavy atom. The molecule has 0 aliphatic rings. The highest BCUT2D eigenvalue weighted by molar-refractivity contribution is 5.52. The lowest BCUT2D eigenvalue weighted by Crippen LogP contribution is -2.04. The van der Waals surface area contributed by atoms with Gasteiger partial charge >= 0.3 is 0 Å². The summed E-state index contributed by atoms with van der Waals surface area (Å²) in [4.78, 5) is 10.1. The first kappa shape index (κ1) is 13.2. The van der Waals surface area contributed by atoms with Crippen LogP contribution in [0.3, 0.4) is 0 Å². The average molecular weight is 235 g/mol. The van der Waals surface area contributed by atoms with E-state index in [0.29, 0.717) is 12.5 Å². The highest BCUT2D eigenvalue weighted by atomic mass is 16.6. The van der Waals surface area contributed by atoms with Gasteiger partial charge in [0.15, 0.2) is 0 Å². The summed E-state index contributed by atoms with van der Waals surface area (Å²) in [5.74, 6) is 1.19. The zero-order valence-corrected chi connectivity index (χ0v) is 10.3. The van der Waals surface area contributed by atoms with Crippen molar-refractivity contribution in [2.75, 3.05) is 6.61 Å². The second kappa shape index (κ2) is 6.03. The first-order chi connectivity index (χ1) is 7.99. The first-order valence-corrected chi connectivity index (χ1v) is 5.54. The summed E-state index contributed by atoms with van der Waals surface area (Å²) in [5, 5.41) is 10.5. The SMILES string of the molecule is C/C(=C\c1cccc(OCC(C)C)c1)[N+](=O)[O-]. The number of hydrogen-bond acceptors (Lipinski definition) is 3.